The SMILES string of the molecule is O=C(Nc1cc2c(cc1Cl)OCCO2)C1CCN(c2ccccc2[N+](=O)[O-])CC1. The number of benzene rings is 2. The zero-order valence-corrected chi connectivity index (χ0v) is 16.4. The Hall–Kier alpha value is -3.00. The Morgan fingerprint density at radius 1 is 1.14 bits per heavy atom. The number of hydrogen-bond acceptors (Lipinski definition) is 6. The topological polar surface area (TPSA) is 93.9 Å². The van der Waals surface area contributed by atoms with Gasteiger partial charge in [-0.15, -0.1) is 0 Å². The summed E-state index contributed by atoms with van der Waals surface area (Å²) in [7, 11) is 0. The van der Waals surface area contributed by atoms with E-state index in [4.69, 9.17) is 21.1 Å². The summed E-state index contributed by atoms with van der Waals surface area (Å²) in [4.78, 5) is 25.6. The molecule has 8 nitrogen and oxygen atoms in total. The first-order chi connectivity index (χ1) is 14.0. The number of hydrogen-bond donors (Lipinski definition) is 1. The largest absolute Gasteiger partial charge is 0.486 e. The maximum absolute atomic E-state index is 12.7. The number of fused-ring (bicyclic) bond motifs is 1. The van der Waals surface area contributed by atoms with Crippen molar-refractivity contribution in [1.82, 2.24) is 0 Å². The second-order valence-electron chi connectivity index (χ2n) is 6.97. The van der Waals surface area contributed by atoms with Crippen LogP contribution in [0.4, 0.5) is 17.1 Å². The van der Waals surface area contributed by atoms with Gasteiger partial charge in [0.2, 0.25) is 5.91 Å². The first-order valence-corrected chi connectivity index (χ1v) is 9.79. The number of nitro benzene ring substituents is 1. The average molecular weight is 418 g/mol. The number of carbonyl (C=O) groups excluding carboxylic acids is 1. The van der Waals surface area contributed by atoms with E-state index in [2.05, 4.69) is 5.32 Å². The van der Waals surface area contributed by atoms with E-state index in [1.807, 2.05) is 4.90 Å². The molecule has 0 saturated carbocycles. The van der Waals surface area contributed by atoms with E-state index in [0.717, 1.165) is 0 Å². The van der Waals surface area contributed by atoms with Crippen LogP contribution in [-0.4, -0.2) is 37.1 Å². The maximum Gasteiger partial charge on any atom is 0.292 e. The molecule has 2 aromatic rings. The monoisotopic (exact) mass is 417 g/mol. The minimum atomic E-state index is -0.377. The van der Waals surface area contributed by atoms with E-state index in [1.165, 1.54) is 6.07 Å². The molecule has 4 rings (SSSR count). The van der Waals surface area contributed by atoms with Gasteiger partial charge in [-0.1, -0.05) is 23.7 Å². The van der Waals surface area contributed by atoms with Gasteiger partial charge in [-0.05, 0) is 18.9 Å². The van der Waals surface area contributed by atoms with Gasteiger partial charge in [0.05, 0.1) is 15.6 Å². The fraction of sp³-hybridized carbons (Fsp3) is 0.350. The van der Waals surface area contributed by atoms with E-state index in [0.29, 0.717) is 67.0 Å². The third-order valence-corrected chi connectivity index (χ3v) is 5.49. The Kier molecular flexibility index (Phi) is 5.44. The summed E-state index contributed by atoms with van der Waals surface area (Å²) in [5, 5.41) is 14.5. The molecule has 0 spiro atoms. The molecule has 0 aliphatic carbocycles. The van der Waals surface area contributed by atoms with Crippen molar-refractivity contribution < 1.29 is 19.2 Å². The van der Waals surface area contributed by atoms with Crippen LogP contribution in [0, 0.1) is 16.0 Å². The molecule has 0 unspecified atom stereocenters. The number of rotatable bonds is 4. The van der Waals surface area contributed by atoms with E-state index in [1.54, 1.807) is 30.3 Å². The Morgan fingerprint density at radius 2 is 1.79 bits per heavy atom. The predicted molar refractivity (Wildman–Crippen MR) is 109 cm³/mol. The van der Waals surface area contributed by atoms with Gasteiger partial charge in [-0.25, -0.2) is 0 Å². The van der Waals surface area contributed by atoms with Gasteiger partial charge in [0.25, 0.3) is 5.69 Å². The van der Waals surface area contributed by atoms with Crippen molar-refractivity contribution in [2.45, 2.75) is 12.8 Å². The summed E-state index contributed by atoms with van der Waals surface area (Å²) in [6.45, 7) is 2.05. The lowest BCUT2D eigenvalue weighted by Crippen LogP contribution is -2.38. The Bertz CT molecular complexity index is 944. The number of nitrogens with zero attached hydrogens (tertiary/aromatic N) is 2. The smallest absolute Gasteiger partial charge is 0.292 e. The minimum Gasteiger partial charge on any atom is -0.486 e. The second kappa shape index (κ2) is 8.16. The molecule has 0 radical (unpaired) electrons. The molecule has 1 amide bonds. The maximum atomic E-state index is 12.7. The van der Waals surface area contributed by atoms with Gasteiger partial charge < -0.3 is 19.7 Å². The molecule has 29 heavy (non-hydrogen) atoms. The van der Waals surface area contributed by atoms with E-state index in [-0.39, 0.29) is 22.4 Å². The summed E-state index contributed by atoms with van der Waals surface area (Å²) in [5.41, 5.74) is 1.16. The number of carbonyl (C=O) groups is 1. The summed E-state index contributed by atoms with van der Waals surface area (Å²) < 4.78 is 11.0. The molecule has 2 aliphatic rings. The molecular weight excluding hydrogens is 398 g/mol. The number of amides is 1. The molecule has 2 aliphatic heterocycles. The summed E-state index contributed by atoms with van der Waals surface area (Å²) in [6.07, 6.45) is 1.19. The number of piperidine rings is 1. The number of nitro groups is 1. The standard InChI is InChI=1S/C20H20ClN3O5/c21-14-11-18-19(29-10-9-28-18)12-15(14)22-20(25)13-5-7-23(8-6-13)16-3-1-2-4-17(16)24(26)27/h1-4,11-13H,5-10H2,(H,22,25). The molecule has 1 saturated heterocycles. The summed E-state index contributed by atoms with van der Waals surface area (Å²) in [6, 6.07) is 10.00. The highest BCUT2D eigenvalue weighted by molar-refractivity contribution is 6.34. The van der Waals surface area contributed by atoms with Crippen LogP contribution in [0.25, 0.3) is 0 Å². The number of halogens is 1. The van der Waals surface area contributed by atoms with Crippen LogP contribution in [0.15, 0.2) is 36.4 Å². The third kappa shape index (κ3) is 4.07. The highest BCUT2D eigenvalue weighted by Gasteiger charge is 2.28. The van der Waals surface area contributed by atoms with Crippen LogP contribution in [0.1, 0.15) is 12.8 Å². The molecule has 152 valence electrons. The van der Waals surface area contributed by atoms with Crippen LogP contribution in [0.3, 0.4) is 0 Å². The average Bonchev–Trinajstić information content (AvgIpc) is 2.74. The molecular formula is C20H20ClN3O5. The molecule has 0 atom stereocenters. The Balaban J connectivity index is 1.41. The van der Waals surface area contributed by atoms with E-state index < -0.39 is 0 Å². The molecule has 0 aromatic heterocycles. The highest BCUT2D eigenvalue weighted by Crippen LogP contribution is 2.38. The van der Waals surface area contributed by atoms with Gasteiger partial charge in [-0.3, -0.25) is 14.9 Å². The third-order valence-electron chi connectivity index (χ3n) is 5.17. The van der Waals surface area contributed by atoms with Crippen LogP contribution < -0.4 is 19.7 Å². The van der Waals surface area contributed by atoms with Crippen LogP contribution in [-0.2, 0) is 4.79 Å². The van der Waals surface area contributed by atoms with Gasteiger partial charge in [0, 0.05) is 37.2 Å². The Labute approximate surface area is 172 Å². The highest BCUT2D eigenvalue weighted by atomic mass is 35.5. The van der Waals surface area contributed by atoms with Crippen molar-refractivity contribution in [3.05, 3.63) is 51.5 Å². The number of nitrogens with one attached hydrogen (secondary N) is 1. The van der Waals surface area contributed by atoms with Crippen molar-refractivity contribution in [1.29, 1.82) is 0 Å². The fourth-order valence-corrected chi connectivity index (χ4v) is 3.86. The molecule has 1 fully saturated rings. The van der Waals surface area contributed by atoms with Gasteiger partial charge in [0.15, 0.2) is 11.5 Å². The minimum absolute atomic E-state index is 0.0819. The van der Waals surface area contributed by atoms with E-state index in [9.17, 15) is 14.9 Å². The lowest BCUT2D eigenvalue weighted by Gasteiger charge is -2.32. The number of anilines is 2. The quantitative estimate of drug-likeness (QED) is 0.599. The first-order valence-electron chi connectivity index (χ1n) is 9.41. The second-order valence-corrected chi connectivity index (χ2v) is 7.38. The van der Waals surface area contributed by atoms with E-state index >= 15 is 0 Å². The zero-order chi connectivity index (χ0) is 20.4. The summed E-state index contributed by atoms with van der Waals surface area (Å²) >= 11 is 6.27. The van der Waals surface area contributed by atoms with Gasteiger partial charge >= 0.3 is 0 Å². The lowest BCUT2D eigenvalue weighted by molar-refractivity contribution is -0.384. The zero-order valence-electron chi connectivity index (χ0n) is 15.6. The van der Waals surface area contributed by atoms with Gasteiger partial charge in [-0.2, -0.15) is 0 Å². The fourth-order valence-electron chi connectivity index (χ4n) is 3.66. The van der Waals surface area contributed by atoms with Crippen LogP contribution in [0.5, 0.6) is 11.5 Å². The Morgan fingerprint density at radius 3 is 2.48 bits per heavy atom. The van der Waals surface area contributed by atoms with Crippen molar-refractivity contribution in [3.63, 3.8) is 0 Å². The van der Waals surface area contributed by atoms with Crippen molar-refractivity contribution in [2.75, 3.05) is 36.5 Å². The van der Waals surface area contributed by atoms with Gasteiger partial charge in [0.1, 0.15) is 18.9 Å². The number of ether oxygens (including phenoxy) is 2. The molecule has 2 heterocycles. The molecule has 2 aromatic carbocycles. The number of para-hydroxylation sites is 2. The normalized spacial score (nSPS) is 16.4. The predicted octanol–water partition coefficient (Wildman–Crippen LogP) is 3.87. The first kappa shape index (κ1) is 19.3. The van der Waals surface area contributed by atoms with Crippen molar-refractivity contribution >= 4 is 34.6 Å². The molecule has 9 heteroatoms. The molecule has 1 N–H and O–H groups in total. The molecule has 0 bridgehead atoms. The summed E-state index contributed by atoms with van der Waals surface area (Å²) in [5.74, 6) is 0.809. The van der Waals surface area contributed by atoms with Crippen LogP contribution >= 0.6 is 11.6 Å². The lowest BCUT2D eigenvalue weighted by atomic mass is 9.95. The van der Waals surface area contributed by atoms with Crippen molar-refractivity contribution in [3.8, 4) is 11.5 Å². The van der Waals surface area contributed by atoms with Crippen LogP contribution in [0.2, 0.25) is 5.02 Å². The van der Waals surface area contributed by atoms with Crippen molar-refractivity contribution in [2.24, 2.45) is 5.92 Å².